The summed E-state index contributed by atoms with van der Waals surface area (Å²) in [5.41, 5.74) is 4.03. The normalized spacial score (nSPS) is 14.0. The van der Waals surface area contributed by atoms with Crippen molar-refractivity contribution in [3.63, 3.8) is 0 Å². The molecule has 3 rings (SSSR count). The van der Waals surface area contributed by atoms with Crippen molar-refractivity contribution in [1.82, 2.24) is 10.6 Å². The van der Waals surface area contributed by atoms with Gasteiger partial charge in [-0.05, 0) is 37.8 Å². The van der Waals surface area contributed by atoms with Gasteiger partial charge in [0.2, 0.25) is 11.8 Å². The first-order valence-electron chi connectivity index (χ1n) is 8.07. The molecule has 0 unspecified atom stereocenters. The number of hydrogen-bond donors (Lipinski definition) is 2. The molecule has 0 saturated heterocycles. The number of fused-ring (bicyclic) bond motifs is 1. The van der Waals surface area contributed by atoms with Gasteiger partial charge in [-0.2, -0.15) is 0 Å². The molecule has 0 bridgehead atoms. The minimum atomic E-state index is -0.0633. The smallest absolute Gasteiger partial charge is 0.224 e. The van der Waals surface area contributed by atoms with Crippen molar-refractivity contribution in [3.8, 4) is 0 Å². The molecule has 5 nitrogen and oxygen atoms in total. The van der Waals surface area contributed by atoms with Crippen molar-refractivity contribution in [3.05, 3.63) is 35.1 Å². The number of hydrogen-bond acceptors (Lipinski definition) is 3. The number of benzene rings is 1. The molecule has 0 atom stereocenters. The van der Waals surface area contributed by atoms with Crippen molar-refractivity contribution in [2.45, 2.75) is 33.1 Å². The summed E-state index contributed by atoms with van der Waals surface area (Å²) in [5.74, 6) is 0.243. The molecule has 1 aliphatic rings. The molecule has 2 N–H and O–H groups in total. The highest BCUT2D eigenvalue weighted by atomic mass is 16.3. The first-order chi connectivity index (χ1) is 11.1. The van der Waals surface area contributed by atoms with Crippen LogP contribution in [0.25, 0.3) is 11.0 Å². The fourth-order valence-corrected chi connectivity index (χ4v) is 2.64. The Hall–Kier alpha value is -2.30. The molecule has 1 aliphatic carbocycles. The van der Waals surface area contributed by atoms with Crippen LogP contribution < -0.4 is 10.6 Å². The molecule has 5 heteroatoms. The Morgan fingerprint density at radius 2 is 1.91 bits per heavy atom. The van der Waals surface area contributed by atoms with Gasteiger partial charge in [-0.3, -0.25) is 9.59 Å². The van der Waals surface area contributed by atoms with Crippen molar-refractivity contribution < 1.29 is 14.0 Å². The Morgan fingerprint density at radius 1 is 1.17 bits per heavy atom. The number of rotatable bonds is 6. The second kappa shape index (κ2) is 6.44. The molecule has 1 fully saturated rings. The summed E-state index contributed by atoms with van der Waals surface area (Å²) in [5, 5.41) is 6.65. The van der Waals surface area contributed by atoms with Crippen molar-refractivity contribution in [2.24, 2.45) is 5.92 Å². The van der Waals surface area contributed by atoms with E-state index in [0.29, 0.717) is 13.1 Å². The highest BCUT2D eigenvalue weighted by Crippen LogP contribution is 2.28. The summed E-state index contributed by atoms with van der Waals surface area (Å²) in [7, 11) is 0. The third kappa shape index (κ3) is 3.55. The molecular weight excluding hydrogens is 292 g/mol. The molecule has 1 aromatic carbocycles. The van der Waals surface area contributed by atoms with Crippen LogP contribution in [0.2, 0.25) is 0 Å². The lowest BCUT2D eigenvalue weighted by Crippen LogP contribution is -2.35. The molecule has 122 valence electrons. The van der Waals surface area contributed by atoms with E-state index in [1.807, 2.05) is 26.0 Å². The van der Waals surface area contributed by atoms with Gasteiger partial charge in [0.05, 0.1) is 12.7 Å². The number of aryl methyl sites for hydroxylation is 2. The van der Waals surface area contributed by atoms with Crippen molar-refractivity contribution in [1.29, 1.82) is 0 Å². The van der Waals surface area contributed by atoms with E-state index < -0.39 is 0 Å². The van der Waals surface area contributed by atoms with Gasteiger partial charge >= 0.3 is 0 Å². The minimum Gasteiger partial charge on any atom is -0.464 e. The molecule has 2 amide bonds. The third-order valence-corrected chi connectivity index (χ3v) is 4.39. The van der Waals surface area contributed by atoms with Crippen LogP contribution in [0.3, 0.4) is 0 Å². The van der Waals surface area contributed by atoms with Crippen LogP contribution in [0.15, 0.2) is 22.8 Å². The van der Waals surface area contributed by atoms with Gasteiger partial charge in [0, 0.05) is 30.0 Å². The van der Waals surface area contributed by atoms with Crippen LogP contribution in [0, 0.1) is 19.8 Å². The number of amides is 2. The van der Waals surface area contributed by atoms with E-state index in [4.69, 9.17) is 4.42 Å². The topological polar surface area (TPSA) is 71.3 Å². The van der Waals surface area contributed by atoms with E-state index in [2.05, 4.69) is 10.6 Å². The number of carbonyl (C=O) groups is 2. The van der Waals surface area contributed by atoms with Gasteiger partial charge in [-0.1, -0.05) is 12.1 Å². The summed E-state index contributed by atoms with van der Waals surface area (Å²) in [4.78, 5) is 23.5. The Labute approximate surface area is 135 Å². The van der Waals surface area contributed by atoms with Gasteiger partial charge in [0.25, 0.3) is 0 Å². The molecule has 1 saturated carbocycles. The predicted molar refractivity (Wildman–Crippen MR) is 88.1 cm³/mol. The van der Waals surface area contributed by atoms with E-state index >= 15 is 0 Å². The molecule has 1 heterocycles. The monoisotopic (exact) mass is 314 g/mol. The average molecular weight is 314 g/mol. The van der Waals surface area contributed by atoms with Crippen LogP contribution in [-0.4, -0.2) is 24.9 Å². The maximum Gasteiger partial charge on any atom is 0.224 e. The van der Waals surface area contributed by atoms with Gasteiger partial charge in [-0.25, -0.2) is 0 Å². The van der Waals surface area contributed by atoms with Crippen LogP contribution >= 0.6 is 0 Å². The van der Waals surface area contributed by atoms with E-state index in [1.165, 1.54) is 5.56 Å². The predicted octanol–water partition coefficient (Wildman–Crippen LogP) is 2.23. The fourth-order valence-electron chi connectivity index (χ4n) is 2.64. The average Bonchev–Trinajstić information content (AvgIpc) is 3.30. The van der Waals surface area contributed by atoms with Gasteiger partial charge < -0.3 is 15.1 Å². The first-order valence-corrected chi connectivity index (χ1v) is 8.07. The first kappa shape index (κ1) is 15.6. The summed E-state index contributed by atoms with van der Waals surface area (Å²) in [6.07, 6.45) is 3.92. The molecule has 2 aromatic rings. The standard InChI is InChI=1S/C18H22N2O3/c1-11-3-6-15-14(10-23-17(15)12(11)2)9-16(21)19-7-8-20-18(22)13-4-5-13/h3,6,10,13H,4-5,7-9H2,1-2H3,(H,19,21)(H,20,22). The zero-order chi connectivity index (χ0) is 16.4. The van der Waals surface area contributed by atoms with Crippen LogP contribution in [0.4, 0.5) is 0 Å². The molecule has 23 heavy (non-hydrogen) atoms. The third-order valence-electron chi connectivity index (χ3n) is 4.39. The lowest BCUT2D eigenvalue weighted by atomic mass is 10.0. The Kier molecular flexibility index (Phi) is 4.37. The quantitative estimate of drug-likeness (QED) is 0.803. The van der Waals surface area contributed by atoms with E-state index in [-0.39, 0.29) is 24.2 Å². The summed E-state index contributed by atoms with van der Waals surface area (Å²) >= 11 is 0. The van der Waals surface area contributed by atoms with Gasteiger partial charge in [0.1, 0.15) is 5.58 Å². The van der Waals surface area contributed by atoms with Crippen molar-refractivity contribution in [2.75, 3.05) is 13.1 Å². The number of furan rings is 1. The molecule has 0 radical (unpaired) electrons. The Balaban J connectivity index is 1.51. The summed E-state index contributed by atoms with van der Waals surface area (Å²) < 4.78 is 5.61. The van der Waals surface area contributed by atoms with Gasteiger partial charge in [0.15, 0.2) is 0 Å². The molecule has 0 spiro atoms. The second-order valence-corrected chi connectivity index (χ2v) is 6.24. The SMILES string of the molecule is Cc1ccc2c(CC(=O)NCCNC(=O)C3CC3)coc2c1C. The largest absolute Gasteiger partial charge is 0.464 e. The highest BCUT2D eigenvalue weighted by Gasteiger charge is 2.28. The maximum atomic E-state index is 12.0. The van der Waals surface area contributed by atoms with Gasteiger partial charge in [-0.15, -0.1) is 0 Å². The van der Waals surface area contributed by atoms with Crippen LogP contribution in [0.1, 0.15) is 29.5 Å². The zero-order valence-electron chi connectivity index (χ0n) is 13.6. The number of nitrogens with one attached hydrogen (secondary N) is 2. The lowest BCUT2D eigenvalue weighted by Gasteiger charge is -2.06. The van der Waals surface area contributed by atoms with E-state index in [1.54, 1.807) is 6.26 Å². The molecule has 0 aliphatic heterocycles. The Morgan fingerprint density at radius 3 is 2.65 bits per heavy atom. The fraction of sp³-hybridized carbons (Fsp3) is 0.444. The van der Waals surface area contributed by atoms with Crippen molar-refractivity contribution >= 4 is 22.8 Å². The van der Waals surface area contributed by atoms with E-state index in [9.17, 15) is 9.59 Å². The van der Waals surface area contributed by atoms with Crippen LogP contribution in [0.5, 0.6) is 0 Å². The second-order valence-electron chi connectivity index (χ2n) is 6.24. The lowest BCUT2D eigenvalue weighted by molar-refractivity contribution is -0.123. The van der Waals surface area contributed by atoms with E-state index in [0.717, 1.165) is 34.9 Å². The molecular formula is C18H22N2O3. The maximum absolute atomic E-state index is 12.0. The zero-order valence-corrected chi connectivity index (χ0v) is 13.6. The molecule has 1 aromatic heterocycles. The highest BCUT2D eigenvalue weighted by molar-refractivity contribution is 5.89. The Bertz CT molecular complexity index is 744. The van der Waals surface area contributed by atoms with Crippen LogP contribution in [-0.2, 0) is 16.0 Å². The summed E-state index contributed by atoms with van der Waals surface area (Å²) in [6.45, 7) is 4.99. The number of carbonyl (C=O) groups excluding carboxylic acids is 2. The minimum absolute atomic E-state index is 0.0633. The summed E-state index contributed by atoms with van der Waals surface area (Å²) in [6, 6.07) is 4.04.